The highest BCUT2D eigenvalue weighted by Crippen LogP contribution is 2.47. The number of rotatable bonds is 9. The highest BCUT2D eigenvalue weighted by molar-refractivity contribution is 6.13. The van der Waals surface area contributed by atoms with Crippen LogP contribution in [0, 0.1) is 5.41 Å². The zero-order chi connectivity index (χ0) is 20.9. The van der Waals surface area contributed by atoms with Crippen molar-refractivity contribution in [2.75, 3.05) is 33.2 Å². The molecule has 7 nitrogen and oxygen atoms in total. The minimum absolute atomic E-state index is 0.238. The quantitative estimate of drug-likeness (QED) is 0.635. The van der Waals surface area contributed by atoms with E-state index in [0.717, 1.165) is 11.3 Å². The number of carbonyl (C=O) groups is 2. The third-order valence-corrected chi connectivity index (χ3v) is 5.09. The molecule has 0 spiro atoms. The van der Waals surface area contributed by atoms with Crippen molar-refractivity contribution in [1.82, 2.24) is 5.32 Å². The Kier molecular flexibility index (Phi) is 6.26. The van der Waals surface area contributed by atoms with Crippen LogP contribution < -0.4 is 24.8 Å². The number of methoxy groups -OCH3 is 3. The Balaban J connectivity index is 1.57. The second kappa shape index (κ2) is 8.86. The normalized spacial score (nSPS) is 13.9. The molecule has 0 heterocycles. The van der Waals surface area contributed by atoms with Crippen molar-refractivity contribution >= 4 is 17.5 Å². The number of hydrogen-bond acceptors (Lipinski definition) is 5. The monoisotopic (exact) mass is 398 g/mol. The van der Waals surface area contributed by atoms with E-state index in [9.17, 15) is 9.59 Å². The van der Waals surface area contributed by atoms with E-state index in [4.69, 9.17) is 14.2 Å². The van der Waals surface area contributed by atoms with E-state index < -0.39 is 5.41 Å². The lowest BCUT2D eigenvalue weighted by molar-refractivity contribution is -0.134. The van der Waals surface area contributed by atoms with Crippen LogP contribution >= 0.6 is 0 Å². The van der Waals surface area contributed by atoms with Gasteiger partial charge >= 0.3 is 0 Å². The Morgan fingerprint density at radius 3 is 2.34 bits per heavy atom. The second-order valence-electron chi connectivity index (χ2n) is 6.96. The largest absolute Gasteiger partial charge is 0.497 e. The Hall–Kier alpha value is -3.22. The van der Waals surface area contributed by atoms with Crippen LogP contribution in [-0.4, -0.2) is 39.7 Å². The number of amides is 2. The van der Waals surface area contributed by atoms with Crippen molar-refractivity contribution in [3.05, 3.63) is 48.0 Å². The fourth-order valence-corrected chi connectivity index (χ4v) is 3.16. The SMILES string of the molecule is COc1cccc(CCNC(=O)C2(C(=O)Nc3ccc(OC)c(OC)c3)CC2)c1. The molecule has 1 aliphatic carbocycles. The smallest absolute Gasteiger partial charge is 0.240 e. The summed E-state index contributed by atoms with van der Waals surface area (Å²) < 4.78 is 15.7. The van der Waals surface area contributed by atoms with Gasteiger partial charge in [-0.2, -0.15) is 0 Å². The predicted molar refractivity (Wildman–Crippen MR) is 110 cm³/mol. The van der Waals surface area contributed by atoms with Crippen molar-refractivity contribution in [3.8, 4) is 17.2 Å². The van der Waals surface area contributed by atoms with Gasteiger partial charge in [0.2, 0.25) is 11.8 Å². The van der Waals surface area contributed by atoms with Crippen LogP contribution in [0.5, 0.6) is 17.2 Å². The molecule has 0 atom stereocenters. The van der Waals surface area contributed by atoms with E-state index in [1.165, 1.54) is 7.11 Å². The van der Waals surface area contributed by atoms with Crippen LogP contribution in [0.4, 0.5) is 5.69 Å². The molecule has 2 N–H and O–H groups in total. The van der Waals surface area contributed by atoms with Gasteiger partial charge in [0, 0.05) is 18.3 Å². The minimum atomic E-state index is -0.998. The maximum absolute atomic E-state index is 12.7. The topological polar surface area (TPSA) is 85.9 Å². The molecule has 0 aliphatic heterocycles. The van der Waals surface area contributed by atoms with Gasteiger partial charge in [-0.05, 0) is 49.1 Å². The first-order valence-electron chi connectivity index (χ1n) is 9.47. The molecule has 29 heavy (non-hydrogen) atoms. The molecule has 1 saturated carbocycles. The first kappa shape index (κ1) is 20.5. The molecule has 2 aromatic carbocycles. The summed E-state index contributed by atoms with van der Waals surface area (Å²) in [5, 5.41) is 5.72. The van der Waals surface area contributed by atoms with E-state index in [1.807, 2.05) is 24.3 Å². The highest BCUT2D eigenvalue weighted by atomic mass is 16.5. The van der Waals surface area contributed by atoms with Gasteiger partial charge in [0.25, 0.3) is 0 Å². The van der Waals surface area contributed by atoms with E-state index in [1.54, 1.807) is 32.4 Å². The van der Waals surface area contributed by atoms with E-state index >= 15 is 0 Å². The number of benzene rings is 2. The van der Waals surface area contributed by atoms with Gasteiger partial charge in [-0.1, -0.05) is 12.1 Å². The van der Waals surface area contributed by atoms with Gasteiger partial charge in [0.15, 0.2) is 11.5 Å². The summed E-state index contributed by atoms with van der Waals surface area (Å²) in [6, 6.07) is 12.8. The molecule has 2 aromatic rings. The molecule has 0 bridgehead atoms. The zero-order valence-electron chi connectivity index (χ0n) is 16.9. The molecule has 1 aliphatic rings. The first-order chi connectivity index (χ1) is 14.0. The van der Waals surface area contributed by atoms with Crippen LogP contribution in [0.3, 0.4) is 0 Å². The molecule has 154 valence electrons. The second-order valence-corrected chi connectivity index (χ2v) is 6.96. The molecule has 7 heteroatoms. The minimum Gasteiger partial charge on any atom is -0.497 e. The molecule has 2 amide bonds. The van der Waals surface area contributed by atoms with Gasteiger partial charge in [0.05, 0.1) is 21.3 Å². The van der Waals surface area contributed by atoms with E-state index in [-0.39, 0.29) is 11.8 Å². The highest BCUT2D eigenvalue weighted by Gasteiger charge is 2.56. The predicted octanol–water partition coefficient (Wildman–Crippen LogP) is 2.79. The van der Waals surface area contributed by atoms with Gasteiger partial charge in [-0.3, -0.25) is 9.59 Å². The van der Waals surface area contributed by atoms with Gasteiger partial charge in [-0.15, -0.1) is 0 Å². The average Bonchev–Trinajstić information content (AvgIpc) is 3.56. The van der Waals surface area contributed by atoms with Gasteiger partial charge in [-0.25, -0.2) is 0 Å². The summed E-state index contributed by atoms with van der Waals surface area (Å²) in [7, 11) is 4.70. The molecule has 0 radical (unpaired) electrons. The lowest BCUT2D eigenvalue weighted by Gasteiger charge is -2.16. The molecular weight excluding hydrogens is 372 g/mol. The summed E-state index contributed by atoms with van der Waals surface area (Å²) in [6.07, 6.45) is 1.74. The Labute approximate surface area is 170 Å². The van der Waals surface area contributed by atoms with Gasteiger partial charge < -0.3 is 24.8 Å². The number of anilines is 1. The van der Waals surface area contributed by atoms with Crippen molar-refractivity contribution in [2.45, 2.75) is 19.3 Å². The first-order valence-corrected chi connectivity index (χ1v) is 9.47. The van der Waals surface area contributed by atoms with Crippen LogP contribution in [0.1, 0.15) is 18.4 Å². The number of carbonyl (C=O) groups excluding carboxylic acids is 2. The molecule has 3 rings (SSSR count). The standard InChI is InChI=1S/C22H26N2O5/c1-27-17-6-4-5-15(13-17)9-12-23-20(25)22(10-11-22)21(26)24-16-7-8-18(28-2)19(14-16)29-3/h4-8,13-14H,9-12H2,1-3H3,(H,23,25)(H,24,26). The van der Waals surface area contributed by atoms with E-state index in [0.29, 0.717) is 43.0 Å². The van der Waals surface area contributed by atoms with Crippen molar-refractivity contribution < 1.29 is 23.8 Å². The number of hydrogen-bond donors (Lipinski definition) is 2. The molecule has 0 unspecified atom stereocenters. The van der Waals surface area contributed by atoms with Crippen molar-refractivity contribution in [3.63, 3.8) is 0 Å². The molecule has 0 saturated heterocycles. The average molecular weight is 398 g/mol. The third kappa shape index (κ3) is 4.62. The van der Waals surface area contributed by atoms with Crippen LogP contribution in [0.15, 0.2) is 42.5 Å². The molecule has 1 fully saturated rings. The number of ether oxygens (including phenoxy) is 3. The summed E-state index contributed by atoms with van der Waals surface area (Å²) in [4.78, 5) is 25.4. The molecular formula is C22H26N2O5. The summed E-state index contributed by atoms with van der Waals surface area (Å²) in [5.41, 5.74) is 0.619. The van der Waals surface area contributed by atoms with Gasteiger partial charge in [0.1, 0.15) is 11.2 Å². The van der Waals surface area contributed by atoms with E-state index in [2.05, 4.69) is 10.6 Å². The Bertz CT molecular complexity index is 893. The lowest BCUT2D eigenvalue weighted by Crippen LogP contribution is -2.40. The van der Waals surface area contributed by atoms with Crippen LogP contribution in [0.25, 0.3) is 0 Å². The van der Waals surface area contributed by atoms with Crippen LogP contribution in [-0.2, 0) is 16.0 Å². The summed E-state index contributed by atoms with van der Waals surface area (Å²) in [5.74, 6) is 1.32. The Morgan fingerprint density at radius 1 is 0.931 bits per heavy atom. The maximum Gasteiger partial charge on any atom is 0.240 e. The zero-order valence-corrected chi connectivity index (χ0v) is 16.9. The Morgan fingerprint density at radius 2 is 1.69 bits per heavy atom. The van der Waals surface area contributed by atoms with Crippen molar-refractivity contribution in [1.29, 1.82) is 0 Å². The summed E-state index contributed by atoms with van der Waals surface area (Å²) >= 11 is 0. The molecule has 0 aromatic heterocycles. The summed E-state index contributed by atoms with van der Waals surface area (Å²) in [6.45, 7) is 0.456. The lowest BCUT2D eigenvalue weighted by atomic mass is 10.0. The number of nitrogens with one attached hydrogen (secondary N) is 2. The van der Waals surface area contributed by atoms with Crippen molar-refractivity contribution in [2.24, 2.45) is 5.41 Å². The fraction of sp³-hybridized carbons (Fsp3) is 0.364. The fourth-order valence-electron chi connectivity index (χ4n) is 3.16. The maximum atomic E-state index is 12.7. The third-order valence-electron chi connectivity index (χ3n) is 5.09. The van der Waals surface area contributed by atoms with Crippen LogP contribution in [0.2, 0.25) is 0 Å².